The number of hydrogen-bond acceptors (Lipinski definition) is 8. The summed E-state index contributed by atoms with van der Waals surface area (Å²) in [7, 11) is -2.71. The molecule has 0 aromatic carbocycles. The first-order valence-electron chi connectivity index (χ1n) is 11.2. The predicted octanol–water partition coefficient (Wildman–Crippen LogP) is 0.00760. The van der Waals surface area contributed by atoms with Gasteiger partial charge in [0.05, 0.1) is 24.5 Å². The topological polar surface area (TPSA) is 131 Å². The minimum Gasteiger partial charge on any atom is -0.462 e. The molecule has 2 heterocycles. The molecule has 1 saturated carbocycles. The molecular formula is C21H33N3O8S. The van der Waals surface area contributed by atoms with E-state index >= 15 is 0 Å². The second-order valence-electron chi connectivity index (χ2n) is 9.36. The number of fused-ring (bicyclic) bond motifs is 1. The summed E-state index contributed by atoms with van der Waals surface area (Å²) in [5.74, 6) is -2.18. The Balaban J connectivity index is 1.75. The lowest BCUT2D eigenvalue weighted by atomic mass is 10.0. The van der Waals surface area contributed by atoms with Gasteiger partial charge in [0.15, 0.2) is 0 Å². The van der Waals surface area contributed by atoms with Crippen LogP contribution in [-0.4, -0.2) is 90.6 Å². The van der Waals surface area contributed by atoms with Crippen molar-refractivity contribution >= 4 is 34.0 Å². The number of rotatable bonds is 8. The minimum absolute atomic E-state index is 0.168. The molecular weight excluding hydrogens is 454 g/mol. The van der Waals surface area contributed by atoms with Crippen LogP contribution in [0, 0.1) is 23.7 Å². The summed E-state index contributed by atoms with van der Waals surface area (Å²) in [6.45, 7) is 7.64. The maximum atomic E-state index is 13.4. The van der Waals surface area contributed by atoms with Crippen LogP contribution >= 0.6 is 0 Å². The van der Waals surface area contributed by atoms with Gasteiger partial charge in [0.1, 0.15) is 12.7 Å². The molecule has 2 saturated heterocycles. The van der Waals surface area contributed by atoms with Crippen molar-refractivity contribution in [2.24, 2.45) is 23.7 Å². The van der Waals surface area contributed by atoms with E-state index in [9.17, 15) is 27.6 Å². The normalized spacial score (nSPS) is 32.6. The number of carbonyl (C=O) groups is 4. The largest absolute Gasteiger partial charge is 0.462 e. The van der Waals surface area contributed by atoms with Crippen molar-refractivity contribution in [3.63, 3.8) is 0 Å². The maximum absolute atomic E-state index is 13.4. The summed E-state index contributed by atoms with van der Waals surface area (Å²) < 4.78 is 39.1. The van der Waals surface area contributed by atoms with Crippen LogP contribution in [0.5, 0.6) is 0 Å². The fraction of sp³-hybridized carbons (Fsp3) is 0.810. The Kier molecular flexibility index (Phi) is 7.21. The van der Waals surface area contributed by atoms with Gasteiger partial charge in [-0.1, -0.05) is 20.8 Å². The van der Waals surface area contributed by atoms with Crippen molar-refractivity contribution in [2.45, 2.75) is 59.2 Å². The van der Waals surface area contributed by atoms with Gasteiger partial charge in [0.25, 0.3) is 10.2 Å². The van der Waals surface area contributed by atoms with Crippen LogP contribution in [0.2, 0.25) is 0 Å². The number of likely N-dealkylation sites (tertiary alicyclic amines) is 1. The van der Waals surface area contributed by atoms with Crippen LogP contribution in [0.4, 0.5) is 0 Å². The van der Waals surface area contributed by atoms with E-state index < -0.39 is 46.3 Å². The zero-order valence-corrected chi connectivity index (χ0v) is 20.7. The van der Waals surface area contributed by atoms with E-state index in [0.717, 1.165) is 4.31 Å². The smallest absolute Gasteiger partial charge is 0.303 e. The van der Waals surface area contributed by atoms with E-state index in [-0.39, 0.29) is 49.3 Å². The Labute approximate surface area is 194 Å². The molecule has 2 unspecified atom stereocenters. The Morgan fingerprint density at radius 2 is 1.73 bits per heavy atom. The third-order valence-electron chi connectivity index (χ3n) is 7.14. The number of carbonyl (C=O) groups excluding carboxylic acids is 4. The van der Waals surface area contributed by atoms with Crippen LogP contribution in [0.3, 0.4) is 0 Å². The van der Waals surface area contributed by atoms with Gasteiger partial charge < -0.3 is 9.47 Å². The molecule has 0 aromatic heterocycles. The van der Waals surface area contributed by atoms with Crippen LogP contribution in [0.15, 0.2) is 0 Å². The van der Waals surface area contributed by atoms with E-state index in [4.69, 9.17) is 9.47 Å². The highest BCUT2D eigenvalue weighted by atomic mass is 32.2. The second kappa shape index (κ2) is 9.30. The number of esters is 2. The van der Waals surface area contributed by atoms with Gasteiger partial charge in [-0.2, -0.15) is 17.0 Å². The van der Waals surface area contributed by atoms with Crippen molar-refractivity contribution in [2.75, 3.05) is 26.7 Å². The van der Waals surface area contributed by atoms with E-state index in [1.807, 2.05) is 13.8 Å². The molecule has 11 nitrogen and oxygen atoms in total. The molecule has 3 rings (SSSR count). The quantitative estimate of drug-likeness (QED) is 0.346. The molecule has 0 aromatic rings. The number of imide groups is 1. The lowest BCUT2D eigenvalue weighted by Crippen LogP contribution is -2.50. The van der Waals surface area contributed by atoms with Crippen LogP contribution in [-0.2, 0) is 38.9 Å². The van der Waals surface area contributed by atoms with Crippen LogP contribution < -0.4 is 0 Å². The highest BCUT2D eigenvalue weighted by molar-refractivity contribution is 7.86. The SMILES string of the molecule is CC(=O)OCC(CN(C)S(=O)(=O)N1CC[C@H]2[C@H]1[C@H](C)C(=O)N2C(=O)C1[C@@H](C)[C@H]1C)OC(C)=O. The highest BCUT2D eigenvalue weighted by Gasteiger charge is 2.60. The second-order valence-corrected chi connectivity index (χ2v) is 11.3. The predicted molar refractivity (Wildman–Crippen MR) is 115 cm³/mol. The molecule has 3 fully saturated rings. The van der Waals surface area contributed by atoms with Gasteiger partial charge in [-0.25, -0.2) is 0 Å². The standard InChI is InChI=1S/C21H33N3O8S/c1-11-12(2)18(11)21(28)24-17-7-8-23(19(17)13(3)20(24)27)33(29,30)22(6)9-16(32-15(5)26)10-31-14(4)25/h11-13,16-19H,7-10H2,1-6H3/t11-,12+,13-,16?,17-,18?,19+/m0/s1. The Bertz CT molecular complexity index is 930. The van der Waals surface area contributed by atoms with Gasteiger partial charge in [0, 0.05) is 33.4 Å². The van der Waals surface area contributed by atoms with Crippen molar-refractivity contribution in [1.82, 2.24) is 13.5 Å². The molecule has 1 aliphatic carbocycles. The van der Waals surface area contributed by atoms with Crippen molar-refractivity contribution < 1.29 is 37.1 Å². The van der Waals surface area contributed by atoms with Gasteiger partial charge in [0.2, 0.25) is 11.8 Å². The van der Waals surface area contributed by atoms with E-state index in [1.54, 1.807) is 6.92 Å². The summed E-state index contributed by atoms with van der Waals surface area (Å²) >= 11 is 0. The molecule has 3 aliphatic rings. The molecule has 186 valence electrons. The Morgan fingerprint density at radius 3 is 2.24 bits per heavy atom. The monoisotopic (exact) mass is 487 g/mol. The molecule has 0 N–H and O–H groups in total. The van der Waals surface area contributed by atoms with Crippen molar-refractivity contribution in [3.05, 3.63) is 0 Å². The van der Waals surface area contributed by atoms with Gasteiger partial charge in [-0.15, -0.1) is 0 Å². The van der Waals surface area contributed by atoms with E-state index in [2.05, 4.69) is 0 Å². The number of nitrogens with zero attached hydrogens (tertiary/aromatic N) is 3. The molecule has 33 heavy (non-hydrogen) atoms. The zero-order valence-electron chi connectivity index (χ0n) is 19.9. The van der Waals surface area contributed by atoms with Gasteiger partial charge >= 0.3 is 11.9 Å². The highest BCUT2D eigenvalue weighted by Crippen LogP contribution is 2.49. The summed E-state index contributed by atoms with van der Waals surface area (Å²) in [6.07, 6.45) is -0.612. The third-order valence-corrected chi connectivity index (χ3v) is 9.10. The number of ether oxygens (including phenoxy) is 2. The third kappa shape index (κ3) is 4.78. The first-order chi connectivity index (χ1) is 15.3. The molecule has 0 bridgehead atoms. The van der Waals surface area contributed by atoms with Crippen molar-refractivity contribution in [3.8, 4) is 0 Å². The average molecular weight is 488 g/mol. The summed E-state index contributed by atoms with van der Waals surface area (Å²) in [5, 5.41) is 0. The molecule has 2 aliphatic heterocycles. The van der Waals surface area contributed by atoms with Crippen LogP contribution in [0.25, 0.3) is 0 Å². The van der Waals surface area contributed by atoms with E-state index in [0.29, 0.717) is 6.42 Å². The first kappa shape index (κ1) is 25.6. The van der Waals surface area contributed by atoms with Gasteiger partial charge in [-0.05, 0) is 18.3 Å². The Morgan fingerprint density at radius 1 is 1.12 bits per heavy atom. The maximum Gasteiger partial charge on any atom is 0.303 e. The van der Waals surface area contributed by atoms with Gasteiger partial charge in [-0.3, -0.25) is 24.1 Å². The van der Waals surface area contributed by atoms with Crippen LogP contribution in [0.1, 0.15) is 41.0 Å². The fourth-order valence-electron chi connectivity index (χ4n) is 5.11. The Hall–Kier alpha value is -2.05. The average Bonchev–Trinajstić information content (AvgIpc) is 3.02. The lowest BCUT2D eigenvalue weighted by molar-refractivity contribution is -0.156. The fourth-order valence-corrected chi connectivity index (χ4v) is 6.79. The molecule has 7 atom stereocenters. The summed E-state index contributed by atoms with van der Waals surface area (Å²) in [6, 6.07) is -1.15. The van der Waals surface area contributed by atoms with Crippen molar-refractivity contribution in [1.29, 1.82) is 0 Å². The lowest BCUT2D eigenvalue weighted by Gasteiger charge is -2.31. The molecule has 0 spiro atoms. The summed E-state index contributed by atoms with van der Waals surface area (Å²) in [5.41, 5.74) is 0. The minimum atomic E-state index is -4.05. The zero-order chi connectivity index (χ0) is 24.8. The molecule has 0 radical (unpaired) electrons. The number of hydrogen-bond donors (Lipinski definition) is 0. The molecule has 12 heteroatoms. The number of amides is 2. The number of likely N-dealkylation sites (N-methyl/N-ethyl adjacent to an activating group) is 1. The molecule has 2 amide bonds. The first-order valence-corrected chi connectivity index (χ1v) is 12.6. The summed E-state index contributed by atoms with van der Waals surface area (Å²) in [4.78, 5) is 49.8. The van der Waals surface area contributed by atoms with E-state index in [1.165, 1.54) is 30.1 Å².